The van der Waals surface area contributed by atoms with Crippen molar-refractivity contribution < 1.29 is 9.53 Å². The fourth-order valence-electron chi connectivity index (χ4n) is 3.10. The predicted octanol–water partition coefficient (Wildman–Crippen LogP) is 1.21. The Kier molecular flexibility index (Phi) is 7.21. The first-order chi connectivity index (χ1) is 14.2. The van der Waals surface area contributed by atoms with Crippen molar-refractivity contribution in [2.45, 2.75) is 6.92 Å². The number of nitrogens with one attached hydrogen (secondary N) is 2. The Morgan fingerprint density at radius 3 is 2.62 bits per heavy atom. The molecule has 0 saturated carbocycles. The largest absolute Gasteiger partial charge is 0.492 e. The summed E-state index contributed by atoms with van der Waals surface area (Å²) in [7, 11) is 1.78. The second-order valence-electron chi connectivity index (χ2n) is 6.55. The van der Waals surface area contributed by atoms with E-state index in [0.29, 0.717) is 18.9 Å². The molecule has 1 amide bonds. The van der Waals surface area contributed by atoms with Gasteiger partial charge in [0.05, 0.1) is 6.54 Å². The van der Waals surface area contributed by atoms with Crippen LogP contribution in [0.25, 0.3) is 0 Å². The highest BCUT2D eigenvalue weighted by atomic mass is 16.5. The Balaban J connectivity index is 1.42. The number of hydrogen-bond acceptors (Lipinski definition) is 6. The average Bonchev–Trinajstić information content (AvgIpc) is 2.74. The van der Waals surface area contributed by atoms with Crippen LogP contribution in [0.2, 0.25) is 0 Å². The third-order valence-corrected chi connectivity index (χ3v) is 4.43. The van der Waals surface area contributed by atoms with E-state index < -0.39 is 0 Å². The van der Waals surface area contributed by atoms with E-state index in [1.165, 1.54) is 6.92 Å². The zero-order chi connectivity index (χ0) is 20.5. The smallest absolute Gasteiger partial charge is 0.225 e. The van der Waals surface area contributed by atoms with Gasteiger partial charge < -0.3 is 25.2 Å². The molecule has 2 heterocycles. The van der Waals surface area contributed by atoms with Crippen molar-refractivity contribution in [3.05, 3.63) is 42.7 Å². The van der Waals surface area contributed by atoms with Crippen LogP contribution < -0.4 is 20.3 Å². The van der Waals surface area contributed by atoms with Gasteiger partial charge in [0.2, 0.25) is 11.9 Å². The molecule has 9 nitrogen and oxygen atoms in total. The first-order valence-electron chi connectivity index (χ1n) is 9.64. The van der Waals surface area contributed by atoms with E-state index in [1.54, 1.807) is 25.5 Å². The van der Waals surface area contributed by atoms with Crippen molar-refractivity contribution in [2.24, 2.45) is 4.99 Å². The Morgan fingerprint density at radius 2 is 1.93 bits per heavy atom. The SMILES string of the molecule is CN=C(NCCOc1cccc(NC(C)=O)c1)N1CCN(c2ncccn2)CC1. The highest BCUT2D eigenvalue weighted by molar-refractivity contribution is 5.88. The van der Waals surface area contributed by atoms with Gasteiger partial charge in [0.15, 0.2) is 5.96 Å². The molecular weight excluding hydrogens is 370 g/mol. The van der Waals surface area contributed by atoms with Crippen LogP contribution in [0.5, 0.6) is 5.75 Å². The van der Waals surface area contributed by atoms with E-state index >= 15 is 0 Å². The third-order valence-electron chi connectivity index (χ3n) is 4.43. The average molecular weight is 397 g/mol. The molecule has 9 heteroatoms. The van der Waals surface area contributed by atoms with Crippen LogP contribution in [-0.2, 0) is 4.79 Å². The second-order valence-corrected chi connectivity index (χ2v) is 6.55. The number of benzene rings is 1. The molecule has 0 bridgehead atoms. The van der Waals surface area contributed by atoms with Gasteiger partial charge in [-0.05, 0) is 18.2 Å². The summed E-state index contributed by atoms with van der Waals surface area (Å²) in [5, 5.41) is 6.09. The summed E-state index contributed by atoms with van der Waals surface area (Å²) in [6.07, 6.45) is 3.53. The number of aliphatic imine (C=N–C) groups is 1. The summed E-state index contributed by atoms with van der Waals surface area (Å²) in [6.45, 7) is 5.97. The minimum absolute atomic E-state index is 0.105. The van der Waals surface area contributed by atoms with Gasteiger partial charge in [0.25, 0.3) is 0 Å². The molecule has 0 aliphatic carbocycles. The lowest BCUT2D eigenvalue weighted by Crippen LogP contribution is -2.53. The minimum atomic E-state index is -0.105. The normalized spacial score (nSPS) is 14.5. The van der Waals surface area contributed by atoms with Crippen LogP contribution in [0, 0.1) is 0 Å². The third kappa shape index (κ3) is 6.06. The molecule has 154 valence electrons. The lowest BCUT2D eigenvalue weighted by molar-refractivity contribution is -0.114. The van der Waals surface area contributed by atoms with E-state index in [2.05, 4.69) is 35.4 Å². The monoisotopic (exact) mass is 397 g/mol. The van der Waals surface area contributed by atoms with E-state index in [4.69, 9.17) is 4.74 Å². The fraction of sp³-hybridized carbons (Fsp3) is 0.400. The van der Waals surface area contributed by atoms with Gasteiger partial charge >= 0.3 is 0 Å². The van der Waals surface area contributed by atoms with Gasteiger partial charge in [-0.2, -0.15) is 0 Å². The number of rotatable bonds is 6. The number of guanidine groups is 1. The van der Waals surface area contributed by atoms with Gasteiger partial charge in [-0.3, -0.25) is 9.79 Å². The fourth-order valence-corrected chi connectivity index (χ4v) is 3.10. The highest BCUT2D eigenvalue weighted by Crippen LogP contribution is 2.17. The molecular formula is C20H27N7O2. The Bertz CT molecular complexity index is 821. The Labute approximate surface area is 170 Å². The maximum Gasteiger partial charge on any atom is 0.225 e. The molecule has 0 spiro atoms. The molecule has 0 radical (unpaired) electrons. The molecule has 0 unspecified atom stereocenters. The van der Waals surface area contributed by atoms with Crippen LogP contribution in [0.3, 0.4) is 0 Å². The van der Waals surface area contributed by atoms with Crippen molar-refractivity contribution in [3.8, 4) is 5.75 Å². The summed E-state index contributed by atoms with van der Waals surface area (Å²) in [6, 6.07) is 9.17. The molecule has 2 N–H and O–H groups in total. The first kappa shape index (κ1) is 20.4. The Morgan fingerprint density at radius 1 is 1.17 bits per heavy atom. The summed E-state index contributed by atoms with van der Waals surface area (Å²) in [5.74, 6) is 2.23. The number of piperazine rings is 1. The highest BCUT2D eigenvalue weighted by Gasteiger charge is 2.20. The molecule has 1 fully saturated rings. The summed E-state index contributed by atoms with van der Waals surface area (Å²) < 4.78 is 5.77. The van der Waals surface area contributed by atoms with Crippen LogP contribution in [-0.4, -0.2) is 73.1 Å². The molecule has 1 aromatic carbocycles. The van der Waals surface area contributed by atoms with Crippen molar-refractivity contribution in [3.63, 3.8) is 0 Å². The molecule has 3 rings (SSSR count). The van der Waals surface area contributed by atoms with Crippen LogP contribution >= 0.6 is 0 Å². The predicted molar refractivity (Wildman–Crippen MR) is 113 cm³/mol. The number of amides is 1. The maximum absolute atomic E-state index is 11.2. The van der Waals surface area contributed by atoms with Gasteiger partial charge in [0.1, 0.15) is 12.4 Å². The molecule has 0 atom stereocenters. The maximum atomic E-state index is 11.2. The molecule has 1 aromatic heterocycles. The van der Waals surface area contributed by atoms with E-state index in [0.717, 1.165) is 43.8 Å². The molecule has 29 heavy (non-hydrogen) atoms. The molecule has 2 aromatic rings. The molecule has 1 aliphatic heterocycles. The van der Waals surface area contributed by atoms with Crippen molar-refractivity contribution in [1.82, 2.24) is 20.2 Å². The number of carbonyl (C=O) groups is 1. The van der Waals surface area contributed by atoms with Crippen molar-refractivity contribution >= 4 is 23.5 Å². The Hall–Kier alpha value is -3.36. The van der Waals surface area contributed by atoms with Crippen LogP contribution in [0.4, 0.5) is 11.6 Å². The number of carbonyl (C=O) groups excluding carboxylic acids is 1. The number of nitrogens with zero attached hydrogens (tertiary/aromatic N) is 5. The minimum Gasteiger partial charge on any atom is -0.492 e. The van der Waals surface area contributed by atoms with Gasteiger partial charge in [-0.15, -0.1) is 0 Å². The quantitative estimate of drug-likeness (QED) is 0.430. The zero-order valence-corrected chi connectivity index (χ0v) is 16.8. The van der Waals surface area contributed by atoms with Crippen LogP contribution in [0.15, 0.2) is 47.7 Å². The number of aromatic nitrogens is 2. The molecule has 1 aliphatic rings. The number of hydrogen-bond donors (Lipinski definition) is 2. The van der Waals surface area contributed by atoms with E-state index in [-0.39, 0.29) is 5.91 Å². The summed E-state index contributed by atoms with van der Waals surface area (Å²) in [5.41, 5.74) is 0.721. The first-order valence-corrected chi connectivity index (χ1v) is 9.64. The van der Waals surface area contributed by atoms with E-state index in [1.807, 2.05) is 24.3 Å². The van der Waals surface area contributed by atoms with Gasteiger partial charge in [0, 0.05) is 64.3 Å². The van der Waals surface area contributed by atoms with Gasteiger partial charge in [-0.25, -0.2) is 9.97 Å². The number of anilines is 2. The standard InChI is InChI=1S/C20H27N7O2/c1-16(28)25-17-5-3-6-18(15-17)29-14-9-24-19(21-2)26-10-12-27(13-11-26)20-22-7-4-8-23-20/h3-8,15H,9-14H2,1-2H3,(H,21,24)(H,25,28). The number of ether oxygens (including phenoxy) is 1. The topological polar surface area (TPSA) is 95.0 Å². The van der Waals surface area contributed by atoms with Crippen molar-refractivity contribution in [2.75, 3.05) is 56.6 Å². The lowest BCUT2D eigenvalue weighted by Gasteiger charge is -2.36. The summed E-state index contributed by atoms with van der Waals surface area (Å²) >= 11 is 0. The molecule has 1 saturated heterocycles. The van der Waals surface area contributed by atoms with E-state index in [9.17, 15) is 4.79 Å². The lowest BCUT2D eigenvalue weighted by atomic mass is 10.3. The van der Waals surface area contributed by atoms with Crippen molar-refractivity contribution in [1.29, 1.82) is 0 Å². The zero-order valence-electron chi connectivity index (χ0n) is 16.8. The summed E-state index contributed by atoms with van der Waals surface area (Å²) in [4.78, 5) is 28.6. The van der Waals surface area contributed by atoms with Gasteiger partial charge in [-0.1, -0.05) is 6.07 Å². The van der Waals surface area contributed by atoms with Crippen LogP contribution in [0.1, 0.15) is 6.92 Å². The second kappa shape index (κ2) is 10.3.